The predicted octanol–water partition coefficient (Wildman–Crippen LogP) is 0.506. The van der Waals surface area contributed by atoms with Crippen molar-refractivity contribution in [2.75, 3.05) is 6.54 Å². The molecule has 38 valence electrons. The van der Waals surface area contributed by atoms with Crippen LogP contribution >= 0.6 is 0 Å². The van der Waals surface area contributed by atoms with E-state index < -0.39 is 0 Å². The first-order valence-electron chi connectivity index (χ1n) is 2.19. The first-order valence-corrected chi connectivity index (χ1v) is 4.62. The van der Waals surface area contributed by atoms with Gasteiger partial charge in [0, 0.05) is 0 Å². The van der Waals surface area contributed by atoms with Crippen LogP contribution in [0.25, 0.3) is 0 Å². The van der Waals surface area contributed by atoms with Crippen LogP contribution in [0.2, 0.25) is 10.6 Å². The van der Waals surface area contributed by atoms with Crippen LogP contribution in [0, 0.1) is 0 Å². The summed E-state index contributed by atoms with van der Waals surface area (Å²) in [6.07, 6.45) is 0. The molecule has 0 spiro atoms. The maximum absolute atomic E-state index is 5.23. The van der Waals surface area contributed by atoms with E-state index in [0.29, 0.717) is 0 Å². The van der Waals surface area contributed by atoms with Crippen molar-refractivity contribution in [1.82, 2.24) is 0 Å². The normalized spacial score (nSPS) is 9.00. The van der Waals surface area contributed by atoms with Crippen LogP contribution in [0.3, 0.4) is 0 Å². The molecule has 0 aromatic rings. The molecule has 0 radical (unpaired) electrons. The van der Waals surface area contributed by atoms with E-state index in [1.807, 2.05) is 0 Å². The Hall–Kier alpha value is 0.479. The van der Waals surface area contributed by atoms with Crippen LogP contribution < -0.4 is 5.73 Å². The first kappa shape index (κ1) is 6.48. The quantitative estimate of drug-likeness (QED) is 0.462. The second-order valence-corrected chi connectivity index (χ2v) is 3.91. The summed E-state index contributed by atoms with van der Waals surface area (Å²) in [5.74, 6) is 0. The Labute approximate surface area is 45.5 Å². The molecule has 0 rings (SSSR count). The van der Waals surface area contributed by atoms with Gasteiger partial charge in [-0.1, -0.05) is 0 Å². The minimum absolute atomic E-state index is 0.842. The Morgan fingerprint density at radius 3 is 2.50 bits per heavy atom. The van der Waals surface area contributed by atoms with E-state index in [4.69, 9.17) is 5.73 Å². The Morgan fingerprint density at radius 1 is 1.67 bits per heavy atom. The maximum atomic E-state index is 5.23. The standard InChI is InChI=1S/C4H11NSe/c1-2-6-4-3-5/h2-5H2,1H3. The molecule has 0 aliphatic carbocycles. The van der Waals surface area contributed by atoms with Crippen LogP contribution in [-0.4, -0.2) is 21.5 Å². The molecule has 0 unspecified atom stereocenters. The molecule has 0 saturated heterocycles. The van der Waals surface area contributed by atoms with Gasteiger partial charge < -0.3 is 0 Å². The fourth-order valence-electron chi connectivity index (χ4n) is 0.228. The van der Waals surface area contributed by atoms with Gasteiger partial charge in [-0.25, -0.2) is 0 Å². The van der Waals surface area contributed by atoms with Gasteiger partial charge in [0.2, 0.25) is 0 Å². The van der Waals surface area contributed by atoms with Crippen molar-refractivity contribution in [3.63, 3.8) is 0 Å². The van der Waals surface area contributed by atoms with Crippen molar-refractivity contribution in [1.29, 1.82) is 0 Å². The molecule has 0 heterocycles. The Balaban J connectivity index is 2.34. The van der Waals surface area contributed by atoms with Gasteiger partial charge in [-0.3, -0.25) is 0 Å². The average molecular weight is 152 g/mol. The molecule has 0 aliphatic heterocycles. The van der Waals surface area contributed by atoms with E-state index in [-0.39, 0.29) is 0 Å². The van der Waals surface area contributed by atoms with Gasteiger partial charge in [-0.15, -0.1) is 0 Å². The van der Waals surface area contributed by atoms with Gasteiger partial charge in [-0.05, 0) is 0 Å². The van der Waals surface area contributed by atoms with Crippen LogP contribution in [0.4, 0.5) is 0 Å². The van der Waals surface area contributed by atoms with Gasteiger partial charge in [-0.2, -0.15) is 0 Å². The molecule has 1 nitrogen and oxygen atoms in total. The van der Waals surface area contributed by atoms with Gasteiger partial charge in [0.25, 0.3) is 0 Å². The summed E-state index contributed by atoms with van der Waals surface area (Å²) in [6.45, 7) is 3.09. The number of nitrogens with two attached hydrogens (primary N) is 1. The van der Waals surface area contributed by atoms with Gasteiger partial charge in [0.15, 0.2) is 0 Å². The van der Waals surface area contributed by atoms with Crippen molar-refractivity contribution >= 4 is 15.0 Å². The van der Waals surface area contributed by atoms with Crippen LogP contribution in [0.15, 0.2) is 0 Å². The molecule has 0 aromatic heterocycles. The fourth-order valence-corrected chi connectivity index (χ4v) is 1.18. The first-order chi connectivity index (χ1) is 2.91. The Bertz CT molecular complexity index is 19.5. The molecule has 0 aromatic carbocycles. The third kappa shape index (κ3) is 4.48. The van der Waals surface area contributed by atoms with E-state index in [1.54, 1.807) is 0 Å². The van der Waals surface area contributed by atoms with E-state index >= 15 is 0 Å². The second-order valence-electron chi connectivity index (χ2n) is 0.986. The zero-order valence-electron chi connectivity index (χ0n) is 4.11. The van der Waals surface area contributed by atoms with Crippen molar-refractivity contribution in [3.8, 4) is 0 Å². The zero-order valence-corrected chi connectivity index (χ0v) is 5.82. The molecule has 0 aliphatic rings. The van der Waals surface area contributed by atoms with Crippen molar-refractivity contribution < 1.29 is 0 Å². The second kappa shape index (κ2) is 5.48. The van der Waals surface area contributed by atoms with E-state index in [1.165, 1.54) is 10.6 Å². The van der Waals surface area contributed by atoms with Gasteiger partial charge in [0.1, 0.15) is 0 Å². The topological polar surface area (TPSA) is 26.0 Å². The van der Waals surface area contributed by atoms with E-state index in [9.17, 15) is 0 Å². The SMILES string of the molecule is CC[Se]CCN. The molecule has 2 heteroatoms. The van der Waals surface area contributed by atoms with Crippen LogP contribution in [-0.2, 0) is 0 Å². The predicted molar refractivity (Wildman–Crippen MR) is 30.1 cm³/mol. The Kier molecular flexibility index (Phi) is 5.92. The molecular weight excluding hydrogens is 141 g/mol. The fraction of sp³-hybridized carbons (Fsp3) is 1.00. The van der Waals surface area contributed by atoms with Gasteiger partial charge >= 0.3 is 44.8 Å². The third-order valence-electron chi connectivity index (χ3n) is 0.466. The summed E-state index contributed by atoms with van der Waals surface area (Å²) in [6, 6.07) is 0. The minimum atomic E-state index is 0.842. The Morgan fingerprint density at radius 2 is 2.33 bits per heavy atom. The zero-order chi connectivity index (χ0) is 4.83. The van der Waals surface area contributed by atoms with Crippen molar-refractivity contribution in [2.24, 2.45) is 5.73 Å². The van der Waals surface area contributed by atoms with E-state index in [2.05, 4.69) is 6.92 Å². The molecule has 2 N–H and O–H groups in total. The summed E-state index contributed by atoms with van der Waals surface area (Å²) >= 11 is 0.842. The molecule has 0 saturated carbocycles. The average Bonchev–Trinajstić information content (AvgIpc) is 1.61. The van der Waals surface area contributed by atoms with Crippen molar-refractivity contribution in [3.05, 3.63) is 0 Å². The molecule has 0 atom stereocenters. The third-order valence-corrected chi connectivity index (χ3v) is 2.42. The molecule has 6 heavy (non-hydrogen) atoms. The van der Waals surface area contributed by atoms with Gasteiger partial charge in [0.05, 0.1) is 0 Å². The molecule has 0 amide bonds. The molecular formula is C4H11NSe. The monoisotopic (exact) mass is 153 g/mol. The summed E-state index contributed by atoms with van der Waals surface area (Å²) in [5, 5.41) is 2.59. The van der Waals surface area contributed by atoms with E-state index in [0.717, 1.165) is 21.5 Å². The summed E-state index contributed by atoms with van der Waals surface area (Å²) in [7, 11) is 0. The molecule has 0 fully saturated rings. The summed E-state index contributed by atoms with van der Waals surface area (Å²) < 4.78 is 0. The number of hydrogen-bond donors (Lipinski definition) is 1. The molecule has 0 bridgehead atoms. The number of rotatable bonds is 3. The summed E-state index contributed by atoms with van der Waals surface area (Å²) in [5.41, 5.74) is 5.23. The van der Waals surface area contributed by atoms with Crippen LogP contribution in [0.5, 0.6) is 0 Å². The summed E-state index contributed by atoms with van der Waals surface area (Å²) in [4.78, 5) is 0. The number of hydrogen-bond acceptors (Lipinski definition) is 1. The van der Waals surface area contributed by atoms with Crippen LogP contribution in [0.1, 0.15) is 6.92 Å². The van der Waals surface area contributed by atoms with Crippen molar-refractivity contribution in [2.45, 2.75) is 17.6 Å².